The molecule has 0 unspecified atom stereocenters. The second kappa shape index (κ2) is 32.2. The molecule has 402 valence electrons. The summed E-state index contributed by atoms with van der Waals surface area (Å²) in [5, 5.41) is 6.84. The monoisotopic (exact) mass is 1020 g/mol. The maximum atomic E-state index is 13.1. The first-order chi connectivity index (χ1) is 35.8. The normalized spacial score (nSPS) is 16.4. The van der Waals surface area contributed by atoms with Gasteiger partial charge in [0.05, 0.1) is 68.5 Å². The zero-order chi connectivity index (χ0) is 54.7. The van der Waals surface area contributed by atoms with Crippen molar-refractivity contribution < 1.29 is 42.9 Å². The van der Waals surface area contributed by atoms with Crippen LogP contribution >= 0.6 is 0 Å². The highest BCUT2D eigenvalue weighted by molar-refractivity contribution is 6.07. The number of amides is 4. The molecule has 5 aromatic rings. The second-order valence-corrected chi connectivity index (χ2v) is 17.8. The smallest absolute Gasteiger partial charge is 0.407 e. The Hall–Kier alpha value is -7.08. The number of nitrogens with zero attached hydrogens (tertiary/aromatic N) is 4. The molecule has 17 nitrogen and oxygen atoms in total. The fourth-order valence-corrected chi connectivity index (χ4v) is 8.56. The van der Waals surface area contributed by atoms with Crippen LogP contribution in [0.1, 0.15) is 124 Å². The van der Waals surface area contributed by atoms with Crippen LogP contribution in [0.15, 0.2) is 48.7 Å². The number of aromatic amines is 2. The summed E-state index contributed by atoms with van der Waals surface area (Å²) in [6.07, 6.45) is 27.2. The summed E-state index contributed by atoms with van der Waals surface area (Å²) in [6, 6.07) is 14.3. The third-order valence-corrected chi connectivity index (χ3v) is 12.5. The largest absolute Gasteiger partial charge is 0.488 e. The quantitative estimate of drug-likeness (QED) is 0.0818. The van der Waals surface area contributed by atoms with Gasteiger partial charge in [-0.25, -0.2) is 19.6 Å². The Morgan fingerprint density at radius 1 is 0.797 bits per heavy atom. The van der Waals surface area contributed by atoms with E-state index in [-0.39, 0.29) is 44.0 Å². The van der Waals surface area contributed by atoms with Crippen molar-refractivity contribution in [3.63, 3.8) is 0 Å². The standard InChI is InChI=1S/C38H44N8O7.C7H14O.C6H12O.C2H6.2C2H2/c1-6-12-45(34(47)17-40-37(49)51-4)19-32-39-16-30(43-32)24-8-10-26-25(13-24)21-53-31-15-27-23(14-28(26)31)9-11-29-36(27)44-33(42-29)20-46(22(3)7-2)35(48)18-41-38(50)52-5;1-6-4-3-5-7(2)8-6;1-6-4-2-3-5-7-6;3*1-2/h8-11,13-16,22H,6-7,12,17-21H2,1-5H3,(H,39,43)(H,40,49)(H,41,50)(H,42,44);6-7H,3-5H2,1-2H3;6H,2-5H2,1H3;1-2H3;2*1-2H/t22-;6-,7-;6-;;;/m011.../s1. The lowest BCUT2D eigenvalue weighted by Crippen LogP contribution is -2.44. The molecule has 3 aliphatic heterocycles. The molecule has 2 saturated heterocycles. The molecule has 2 aromatic heterocycles. The fourth-order valence-electron chi connectivity index (χ4n) is 8.56. The molecule has 8 rings (SSSR count). The predicted molar refractivity (Wildman–Crippen MR) is 292 cm³/mol. The number of fused-ring (bicyclic) bond motifs is 6. The van der Waals surface area contributed by atoms with Gasteiger partial charge in [-0.15, -0.1) is 25.7 Å². The first-order valence-electron chi connectivity index (χ1n) is 25.7. The zero-order valence-electron chi connectivity index (χ0n) is 45.3. The molecule has 5 heterocycles. The highest BCUT2D eigenvalue weighted by Crippen LogP contribution is 2.42. The number of hydrogen-bond acceptors (Lipinski definition) is 11. The Morgan fingerprint density at radius 3 is 2.03 bits per heavy atom. The molecular formula is C57H80N8O9. The number of imidazole rings is 2. The number of ether oxygens (including phenoxy) is 5. The van der Waals surface area contributed by atoms with Crippen molar-refractivity contribution in [1.82, 2.24) is 40.4 Å². The van der Waals surface area contributed by atoms with Gasteiger partial charge < -0.3 is 54.1 Å². The minimum atomic E-state index is -0.660. The fraction of sp³-hybridized carbons (Fsp3) is 0.509. The van der Waals surface area contributed by atoms with Crippen LogP contribution in [0.3, 0.4) is 0 Å². The number of hydrogen-bond donors (Lipinski definition) is 4. The number of carbonyl (C=O) groups is 4. The van der Waals surface area contributed by atoms with Crippen LogP contribution in [-0.4, -0.2) is 119 Å². The van der Waals surface area contributed by atoms with E-state index in [1.807, 2.05) is 58.9 Å². The van der Waals surface area contributed by atoms with Crippen LogP contribution in [-0.2, 0) is 48.2 Å². The van der Waals surface area contributed by atoms with E-state index in [9.17, 15) is 19.2 Å². The lowest BCUT2D eigenvalue weighted by molar-refractivity contribution is -0.133. The van der Waals surface area contributed by atoms with E-state index < -0.39 is 12.2 Å². The molecule has 4 amide bonds. The number of alkyl carbamates (subject to hydrolysis) is 2. The van der Waals surface area contributed by atoms with Gasteiger partial charge in [0.2, 0.25) is 11.8 Å². The van der Waals surface area contributed by atoms with Gasteiger partial charge in [0.1, 0.15) is 37.1 Å². The number of rotatable bonds is 13. The molecule has 4 atom stereocenters. The first-order valence-corrected chi connectivity index (χ1v) is 25.7. The number of terminal acetylenes is 2. The number of carbonyl (C=O) groups excluding carboxylic acids is 4. The molecule has 17 heteroatoms. The van der Waals surface area contributed by atoms with E-state index in [1.165, 1.54) is 52.7 Å². The number of H-pyrrole nitrogens is 2. The van der Waals surface area contributed by atoms with Crippen LogP contribution in [0.4, 0.5) is 9.59 Å². The predicted octanol–water partition coefficient (Wildman–Crippen LogP) is 10.3. The molecule has 0 aliphatic carbocycles. The van der Waals surface area contributed by atoms with Crippen LogP contribution in [0.5, 0.6) is 5.75 Å². The summed E-state index contributed by atoms with van der Waals surface area (Å²) in [7, 11) is 2.51. The van der Waals surface area contributed by atoms with E-state index in [2.05, 4.69) is 99.7 Å². The Kier molecular flexibility index (Phi) is 26.6. The van der Waals surface area contributed by atoms with Crippen molar-refractivity contribution >= 4 is 45.8 Å². The highest BCUT2D eigenvalue weighted by atomic mass is 16.5. The molecule has 0 saturated carbocycles. The van der Waals surface area contributed by atoms with Gasteiger partial charge in [-0.3, -0.25) is 9.59 Å². The van der Waals surface area contributed by atoms with Gasteiger partial charge >= 0.3 is 12.2 Å². The van der Waals surface area contributed by atoms with E-state index in [0.29, 0.717) is 43.1 Å². The van der Waals surface area contributed by atoms with Gasteiger partial charge in [0.15, 0.2) is 0 Å². The van der Waals surface area contributed by atoms with Gasteiger partial charge in [0.25, 0.3) is 0 Å². The third-order valence-electron chi connectivity index (χ3n) is 12.5. The molecule has 3 aromatic carbocycles. The van der Waals surface area contributed by atoms with E-state index in [4.69, 9.17) is 19.2 Å². The number of aromatic nitrogens is 4. The Morgan fingerprint density at radius 2 is 1.46 bits per heavy atom. The van der Waals surface area contributed by atoms with E-state index >= 15 is 0 Å². The van der Waals surface area contributed by atoms with Crippen molar-refractivity contribution in [3.05, 3.63) is 65.9 Å². The van der Waals surface area contributed by atoms with Crippen molar-refractivity contribution in [2.75, 3.05) is 40.5 Å². The molecule has 4 N–H and O–H groups in total. The maximum absolute atomic E-state index is 13.1. The summed E-state index contributed by atoms with van der Waals surface area (Å²) < 4.78 is 26.3. The zero-order valence-corrected chi connectivity index (χ0v) is 45.3. The molecule has 0 spiro atoms. The molecule has 0 bridgehead atoms. The van der Waals surface area contributed by atoms with E-state index in [1.54, 1.807) is 16.0 Å². The van der Waals surface area contributed by atoms with Crippen LogP contribution in [0, 0.1) is 25.7 Å². The van der Waals surface area contributed by atoms with Crippen molar-refractivity contribution in [3.8, 4) is 53.8 Å². The summed E-state index contributed by atoms with van der Waals surface area (Å²) in [5.41, 5.74) is 6.45. The minimum Gasteiger partial charge on any atom is -0.488 e. The average molecular weight is 1020 g/mol. The van der Waals surface area contributed by atoms with Crippen molar-refractivity contribution in [2.24, 2.45) is 0 Å². The van der Waals surface area contributed by atoms with Gasteiger partial charge in [-0.2, -0.15) is 0 Å². The Bertz CT molecular complexity index is 2570. The summed E-state index contributed by atoms with van der Waals surface area (Å²) >= 11 is 0. The number of nitrogens with one attached hydrogen (secondary N) is 4. The lowest BCUT2D eigenvalue weighted by atomic mass is 9.92. The Balaban J connectivity index is 0.000000576. The summed E-state index contributed by atoms with van der Waals surface area (Å²) in [6.45, 7) is 18.5. The first kappa shape index (κ1) is 61.2. The molecule has 74 heavy (non-hydrogen) atoms. The van der Waals surface area contributed by atoms with Crippen molar-refractivity contribution in [2.45, 2.75) is 151 Å². The molecular weight excluding hydrogens is 941 g/mol. The van der Waals surface area contributed by atoms with Crippen LogP contribution in [0.25, 0.3) is 44.2 Å². The summed E-state index contributed by atoms with van der Waals surface area (Å²) in [4.78, 5) is 68.3. The van der Waals surface area contributed by atoms with Crippen LogP contribution in [0.2, 0.25) is 0 Å². The van der Waals surface area contributed by atoms with Gasteiger partial charge in [-0.1, -0.05) is 45.9 Å². The van der Waals surface area contributed by atoms with E-state index in [0.717, 1.165) is 75.0 Å². The topological polar surface area (TPSA) is 202 Å². The van der Waals surface area contributed by atoms with Crippen LogP contribution < -0.4 is 15.4 Å². The second-order valence-electron chi connectivity index (χ2n) is 17.8. The van der Waals surface area contributed by atoms with Gasteiger partial charge in [0, 0.05) is 30.1 Å². The summed E-state index contributed by atoms with van der Waals surface area (Å²) in [5.74, 6) is 1.56. The maximum Gasteiger partial charge on any atom is 0.407 e. The molecule has 2 fully saturated rings. The number of benzene rings is 3. The van der Waals surface area contributed by atoms with Gasteiger partial charge in [-0.05, 0) is 125 Å². The van der Waals surface area contributed by atoms with Crippen molar-refractivity contribution in [1.29, 1.82) is 0 Å². The SMILES string of the molecule is C#C.C#C.CC.CCCN(Cc1ncc(-c2ccc3c(c2)COc2cc4c(ccc5[nH]c(CN(C(=O)CNC(=O)OC)[C@@H](C)CC)nc54)cc2-3)[nH]1)C(=O)CNC(=O)OC.C[C@@H]1CCCCO1.C[C@@H]1CCC[C@@H](C)O1. The lowest BCUT2D eigenvalue weighted by Gasteiger charge is -2.27. The highest BCUT2D eigenvalue weighted by Gasteiger charge is 2.24. The molecule has 3 aliphatic rings. The average Bonchev–Trinajstić information content (AvgIpc) is 4.09. The third kappa shape index (κ3) is 17.8. The minimum absolute atomic E-state index is 0.0711. The number of methoxy groups -OCH3 is 2. The molecule has 0 radical (unpaired) electrons. The Labute approximate surface area is 438 Å².